The molecule has 0 unspecified atom stereocenters. The summed E-state index contributed by atoms with van der Waals surface area (Å²) < 4.78 is 14.9. The third kappa shape index (κ3) is 3.63. The van der Waals surface area contributed by atoms with Gasteiger partial charge >= 0.3 is 0 Å². The molecule has 0 aliphatic heterocycles. The lowest BCUT2D eigenvalue weighted by Gasteiger charge is -2.06. The largest absolute Gasteiger partial charge is 0.312 e. The van der Waals surface area contributed by atoms with Crippen molar-refractivity contribution in [3.63, 3.8) is 0 Å². The lowest BCUT2D eigenvalue weighted by atomic mass is 10.1. The number of rotatable bonds is 5. The van der Waals surface area contributed by atoms with Gasteiger partial charge in [-0.2, -0.15) is 10.4 Å². The topological polar surface area (TPSA) is 53.6 Å². The zero-order chi connectivity index (χ0) is 13.7. The summed E-state index contributed by atoms with van der Waals surface area (Å²) in [5.41, 5.74) is 2.35. The molecule has 0 amide bonds. The van der Waals surface area contributed by atoms with Crippen molar-refractivity contribution < 1.29 is 4.39 Å². The van der Waals surface area contributed by atoms with Crippen molar-refractivity contribution in [1.82, 2.24) is 15.1 Å². The molecule has 0 fully saturated rings. The summed E-state index contributed by atoms with van der Waals surface area (Å²) in [5, 5.41) is 16.2. The average Bonchev–Trinajstić information content (AvgIpc) is 2.81. The van der Waals surface area contributed by atoms with Gasteiger partial charge in [0.2, 0.25) is 0 Å². The molecule has 0 spiro atoms. The van der Waals surface area contributed by atoms with Gasteiger partial charge in [-0.25, -0.2) is 4.39 Å². The van der Waals surface area contributed by atoms with Crippen LogP contribution in [-0.4, -0.2) is 16.3 Å². The lowest BCUT2D eigenvalue weighted by Crippen LogP contribution is -2.17. The van der Waals surface area contributed by atoms with Crippen molar-refractivity contribution in [3.8, 4) is 6.07 Å². The Kier molecular flexibility index (Phi) is 4.26. The molecule has 0 bridgehead atoms. The number of nitriles is 1. The fourth-order valence-electron chi connectivity index (χ4n) is 1.87. The molecule has 0 aliphatic rings. The van der Waals surface area contributed by atoms with Crippen molar-refractivity contribution >= 4 is 0 Å². The molecule has 0 saturated carbocycles. The van der Waals surface area contributed by atoms with Crippen LogP contribution in [-0.2, 0) is 20.0 Å². The van der Waals surface area contributed by atoms with Gasteiger partial charge in [0, 0.05) is 19.8 Å². The molecule has 2 aromatic rings. The second-order valence-electron chi connectivity index (χ2n) is 4.36. The number of hydrogen-bond donors (Lipinski definition) is 1. The van der Waals surface area contributed by atoms with Crippen LogP contribution < -0.4 is 5.32 Å². The molecule has 0 aliphatic carbocycles. The Morgan fingerprint density at radius 3 is 3.00 bits per heavy atom. The van der Waals surface area contributed by atoms with Crippen LogP contribution in [0.1, 0.15) is 16.7 Å². The van der Waals surface area contributed by atoms with Gasteiger partial charge in [0.1, 0.15) is 5.82 Å². The van der Waals surface area contributed by atoms with Crippen molar-refractivity contribution in [3.05, 3.63) is 53.1 Å². The molecule has 1 N–H and O–H groups in total. The van der Waals surface area contributed by atoms with Crippen molar-refractivity contribution in [1.29, 1.82) is 5.26 Å². The molecule has 5 heteroatoms. The number of hydrogen-bond acceptors (Lipinski definition) is 3. The van der Waals surface area contributed by atoms with Gasteiger partial charge in [-0.3, -0.25) is 4.68 Å². The molecule has 0 atom stereocenters. The minimum Gasteiger partial charge on any atom is -0.312 e. The summed E-state index contributed by atoms with van der Waals surface area (Å²) >= 11 is 0. The van der Waals surface area contributed by atoms with E-state index in [9.17, 15) is 4.39 Å². The minimum absolute atomic E-state index is 0.317. The Hall–Kier alpha value is -2.19. The Balaban J connectivity index is 1.86. The molecule has 0 saturated heterocycles. The summed E-state index contributed by atoms with van der Waals surface area (Å²) in [6, 6.07) is 6.27. The van der Waals surface area contributed by atoms with Crippen LogP contribution in [0.4, 0.5) is 4.39 Å². The molecular formula is C14H15FN4. The number of nitrogens with zero attached hydrogens (tertiary/aromatic N) is 3. The third-order valence-electron chi connectivity index (χ3n) is 2.85. The summed E-state index contributed by atoms with van der Waals surface area (Å²) in [6.07, 6.45) is 4.64. The van der Waals surface area contributed by atoms with Crippen molar-refractivity contribution in [2.24, 2.45) is 7.05 Å². The van der Waals surface area contributed by atoms with Crippen LogP contribution in [0.3, 0.4) is 0 Å². The third-order valence-corrected chi connectivity index (χ3v) is 2.85. The van der Waals surface area contributed by atoms with Crippen LogP contribution in [0.2, 0.25) is 0 Å². The highest BCUT2D eigenvalue weighted by Crippen LogP contribution is 2.10. The second kappa shape index (κ2) is 6.12. The second-order valence-corrected chi connectivity index (χ2v) is 4.36. The zero-order valence-electron chi connectivity index (χ0n) is 10.7. The highest BCUT2D eigenvalue weighted by molar-refractivity contribution is 5.37. The van der Waals surface area contributed by atoms with Gasteiger partial charge in [-0.1, -0.05) is 0 Å². The fraction of sp³-hybridized carbons (Fsp3) is 0.286. The van der Waals surface area contributed by atoms with Crippen LogP contribution in [0.25, 0.3) is 0 Å². The van der Waals surface area contributed by atoms with Crippen molar-refractivity contribution in [2.75, 3.05) is 6.54 Å². The zero-order valence-corrected chi connectivity index (χ0v) is 10.7. The highest BCUT2D eigenvalue weighted by atomic mass is 19.1. The van der Waals surface area contributed by atoms with Crippen LogP contribution in [0.15, 0.2) is 30.6 Å². The van der Waals surface area contributed by atoms with Gasteiger partial charge in [-0.05, 0) is 42.3 Å². The molecule has 19 heavy (non-hydrogen) atoms. The quantitative estimate of drug-likeness (QED) is 0.831. The molecule has 1 heterocycles. The van der Waals surface area contributed by atoms with E-state index in [1.54, 1.807) is 4.68 Å². The van der Waals surface area contributed by atoms with E-state index in [2.05, 4.69) is 16.5 Å². The van der Waals surface area contributed by atoms with Gasteiger partial charge in [0.25, 0.3) is 0 Å². The Morgan fingerprint density at radius 2 is 2.32 bits per heavy atom. The molecule has 98 valence electrons. The lowest BCUT2D eigenvalue weighted by molar-refractivity contribution is 0.619. The summed E-state index contributed by atoms with van der Waals surface area (Å²) in [5.74, 6) is -0.317. The minimum atomic E-state index is -0.317. The van der Waals surface area contributed by atoms with Gasteiger partial charge in [0.15, 0.2) is 0 Å². The standard InChI is InChI=1S/C14H15FN4/c1-19-10-11(8-18-19)4-5-17-9-13-6-14(15)3-2-12(13)7-16/h2-3,6,8,10,17H,4-5,9H2,1H3. The van der Waals surface area contributed by atoms with E-state index in [0.717, 1.165) is 18.5 Å². The average molecular weight is 258 g/mol. The van der Waals surface area contributed by atoms with Crippen molar-refractivity contribution in [2.45, 2.75) is 13.0 Å². The van der Waals surface area contributed by atoms with Gasteiger partial charge in [-0.15, -0.1) is 0 Å². The monoisotopic (exact) mass is 258 g/mol. The number of aromatic nitrogens is 2. The van der Waals surface area contributed by atoms with E-state index in [0.29, 0.717) is 17.7 Å². The summed E-state index contributed by atoms with van der Waals surface area (Å²) in [6.45, 7) is 1.24. The van der Waals surface area contributed by atoms with E-state index >= 15 is 0 Å². The molecule has 0 radical (unpaired) electrons. The summed E-state index contributed by atoms with van der Waals surface area (Å²) in [4.78, 5) is 0. The van der Waals surface area contributed by atoms with E-state index < -0.39 is 0 Å². The molecular weight excluding hydrogens is 243 g/mol. The normalized spacial score (nSPS) is 10.4. The summed E-state index contributed by atoms with van der Waals surface area (Å²) in [7, 11) is 1.88. The number of halogens is 1. The maximum atomic E-state index is 13.1. The Labute approximate surface area is 111 Å². The molecule has 4 nitrogen and oxygen atoms in total. The maximum Gasteiger partial charge on any atom is 0.123 e. The van der Waals surface area contributed by atoms with Crippen LogP contribution >= 0.6 is 0 Å². The fourth-order valence-corrected chi connectivity index (χ4v) is 1.87. The first-order chi connectivity index (χ1) is 9.19. The van der Waals surface area contributed by atoms with E-state index in [-0.39, 0.29) is 5.82 Å². The number of nitrogens with one attached hydrogen (secondary N) is 1. The van der Waals surface area contributed by atoms with Gasteiger partial charge < -0.3 is 5.32 Å². The Morgan fingerprint density at radius 1 is 1.47 bits per heavy atom. The smallest absolute Gasteiger partial charge is 0.123 e. The van der Waals surface area contributed by atoms with E-state index in [1.165, 1.54) is 18.2 Å². The predicted octanol–water partition coefficient (Wildman–Crippen LogP) is 1.76. The molecule has 1 aromatic carbocycles. The van der Waals surface area contributed by atoms with Crippen LogP contribution in [0.5, 0.6) is 0 Å². The highest BCUT2D eigenvalue weighted by Gasteiger charge is 2.03. The van der Waals surface area contributed by atoms with Crippen LogP contribution in [0, 0.1) is 17.1 Å². The van der Waals surface area contributed by atoms with Gasteiger partial charge in [0.05, 0.1) is 17.8 Å². The first-order valence-electron chi connectivity index (χ1n) is 6.06. The molecule has 1 aromatic heterocycles. The number of benzene rings is 1. The first kappa shape index (κ1) is 13.2. The van der Waals surface area contributed by atoms with E-state index in [1.807, 2.05) is 19.4 Å². The Bertz CT molecular complexity index is 598. The predicted molar refractivity (Wildman–Crippen MR) is 69.7 cm³/mol. The first-order valence-corrected chi connectivity index (χ1v) is 6.06. The maximum absolute atomic E-state index is 13.1. The SMILES string of the molecule is Cn1cc(CCNCc2cc(F)ccc2C#N)cn1. The molecule has 2 rings (SSSR count). The van der Waals surface area contributed by atoms with E-state index in [4.69, 9.17) is 5.26 Å². The number of aryl methyl sites for hydroxylation is 1.